The smallest absolute Gasteiger partial charge is 0.248 e. The number of nitrogens with two attached hydrogens (primary N) is 1. The summed E-state index contributed by atoms with van der Waals surface area (Å²) in [6.45, 7) is 3.89. The highest BCUT2D eigenvalue weighted by atomic mass is 32.1. The fourth-order valence-electron chi connectivity index (χ4n) is 3.06. The van der Waals surface area contributed by atoms with Gasteiger partial charge in [0.2, 0.25) is 5.91 Å². The first-order valence-corrected chi connectivity index (χ1v) is 10.0. The number of primary amides is 1. The van der Waals surface area contributed by atoms with E-state index < -0.39 is 5.91 Å². The molecule has 0 aliphatic heterocycles. The van der Waals surface area contributed by atoms with Gasteiger partial charge in [0, 0.05) is 18.0 Å². The van der Waals surface area contributed by atoms with Crippen LogP contribution in [-0.2, 0) is 7.05 Å². The molecule has 8 heteroatoms. The molecule has 0 spiro atoms. The summed E-state index contributed by atoms with van der Waals surface area (Å²) in [5, 5.41) is 5.87. The van der Waals surface area contributed by atoms with E-state index in [1.807, 2.05) is 55.1 Å². The van der Waals surface area contributed by atoms with Crippen LogP contribution in [0.5, 0.6) is 5.75 Å². The highest BCUT2D eigenvalue weighted by Crippen LogP contribution is 2.33. The summed E-state index contributed by atoms with van der Waals surface area (Å²) in [7, 11) is 1.97. The molecule has 1 amide bonds. The number of fused-ring (bicyclic) bond motifs is 1. The minimum atomic E-state index is -0.497. The average molecular weight is 407 g/mol. The molecule has 4 aromatic rings. The predicted molar refractivity (Wildman–Crippen MR) is 116 cm³/mol. The number of aromatic nitrogens is 3. The number of para-hydroxylation sites is 2. The molecule has 2 heterocycles. The first-order valence-electron chi connectivity index (χ1n) is 9.17. The van der Waals surface area contributed by atoms with Crippen molar-refractivity contribution in [2.45, 2.75) is 20.0 Å². The topological polar surface area (TPSA) is 95.1 Å². The van der Waals surface area contributed by atoms with Crippen molar-refractivity contribution >= 4 is 39.1 Å². The number of anilines is 2. The summed E-state index contributed by atoms with van der Waals surface area (Å²) in [6, 6.07) is 13.0. The van der Waals surface area contributed by atoms with Crippen LogP contribution in [0.3, 0.4) is 0 Å². The summed E-state index contributed by atoms with van der Waals surface area (Å²) in [5.41, 5.74) is 9.21. The van der Waals surface area contributed by atoms with Crippen LogP contribution in [0.2, 0.25) is 0 Å². The summed E-state index contributed by atoms with van der Waals surface area (Å²) < 4.78 is 7.87. The molecule has 0 saturated heterocycles. The second-order valence-electron chi connectivity index (χ2n) is 6.89. The normalized spacial score (nSPS) is 11.2. The van der Waals surface area contributed by atoms with Gasteiger partial charge in [0.05, 0.1) is 22.8 Å². The third-order valence-electron chi connectivity index (χ3n) is 4.39. The van der Waals surface area contributed by atoms with Crippen LogP contribution < -0.4 is 15.8 Å². The Labute approximate surface area is 172 Å². The van der Waals surface area contributed by atoms with Gasteiger partial charge in [-0.05, 0) is 44.2 Å². The Morgan fingerprint density at radius 2 is 2.00 bits per heavy atom. The molecule has 4 rings (SSSR count). The van der Waals surface area contributed by atoms with Gasteiger partial charge in [0.1, 0.15) is 11.4 Å². The van der Waals surface area contributed by atoms with Crippen molar-refractivity contribution in [3.8, 4) is 17.3 Å². The summed E-state index contributed by atoms with van der Waals surface area (Å²) in [5.74, 6) is 0.924. The van der Waals surface area contributed by atoms with E-state index in [2.05, 4.69) is 10.3 Å². The maximum Gasteiger partial charge on any atom is 0.248 e. The SMILES string of the molecule is CC(C)Oc1ccc(C(N)=O)cc1Nc1nc(-c2nc3ccccc3n2C)cs1. The maximum atomic E-state index is 11.6. The molecule has 0 aliphatic carbocycles. The second-order valence-corrected chi connectivity index (χ2v) is 7.75. The van der Waals surface area contributed by atoms with Gasteiger partial charge in [-0.2, -0.15) is 0 Å². The van der Waals surface area contributed by atoms with Crippen LogP contribution in [0.15, 0.2) is 47.8 Å². The molecule has 0 atom stereocenters. The minimum absolute atomic E-state index is 0.0122. The molecule has 0 bridgehead atoms. The van der Waals surface area contributed by atoms with Gasteiger partial charge in [-0.3, -0.25) is 4.79 Å². The zero-order valence-corrected chi connectivity index (χ0v) is 17.2. The largest absolute Gasteiger partial charge is 0.489 e. The van der Waals surface area contributed by atoms with E-state index in [9.17, 15) is 4.79 Å². The number of benzene rings is 2. The Hall–Kier alpha value is -3.39. The lowest BCUT2D eigenvalue weighted by Crippen LogP contribution is -2.12. The van der Waals surface area contributed by atoms with Crippen LogP contribution in [0.25, 0.3) is 22.6 Å². The maximum absolute atomic E-state index is 11.6. The molecule has 148 valence electrons. The first kappa shape index (κ1) is 18.9. The Morgan fingerprint density at radius 3 is 2.72 bits per heavy atom. The molecule has 0 radical (unpaired) electrons. The molecule has 29 heavy (non-hydrogen) atoms. The first-order chi connectivity index (χ1) is 13.9. The van der Waals surface area contributed by atoms with E-state index in [0.29, 0.717) is 22.1 Å². The number of carbonyl (C=O) groups is 1. The van der Waals surface area contributed by atoms with Crippen molar-refractivity contribution in [3.63, 3.8) is 0 Å². The van der Waals surface area contributed by atoms with Gasteiger partial charge >= 0.3 is 0 Å². The summed E-state index contributed by atoms with van der Waals surface area (Å²) >= 11 is 1.45. The minimum Gasteiger partial charge on any atom is -0.489 e. The summed E-state index contributed by atoms with van der Waals surface area (Å²) in [4.78, 5) is 21.0. The van der Waals surface area contributed by atoms with Gasteiger partial charge in [0.25, 0.3) is 0 Å². The lowest BCUT2D eigenvalue weighted by atomic mass is 10.1. The number of hydrogen-bond donors (Lipinski definition) is 2. The Morgan fingerprint density at radius 1 is 1.21 bits per heavy atom. The number of nitrogens with one attached hydrogen (secondary N) is 1. The number of rotatable bonds is 6. The molecule has 3 N–H and O–H groups in total. The van der Waals surface area contributed by atoms with Crippen molar-refractivity contribution in [1.29, 1.82) is 0 Å². The quantitative estimate of drug-likeness (QED) is 0.496. The van der Waals surface area contributed by atoms with Crippen LogP contribution in [-0.4, -0.2) is 26.5 Å². The average Bonchev–Trinajstić information content (AvgIpc) is 3.27. The van der Waals surface area contributed by atoms with Crippen LogP contribution in [0, 0.1) is 0 Å². The third-order valence-corrected chi connectivity index (χ3v) is 5.15. The monoisotopic (exact) mass is 407 g/mol. The van der Waals surface area contributed by atoms with Gasteiger partial charge < -0.3 is 20.4 Å². The molecule has 0 unspecified atom stereocenters. The van der Waals surface area contributed by atoms with Gasteiger partial charge in [-0.1, -0.05) is 12.1 Å². The van der Waals surface area contributed by atoms with Gasteiger partial charge in [0.15, 0.2) is 11.0 Å². The number of imidazole rings is 1. The molecule has 2 aromatic carbocycles. The lowest BCUT2D eigenvalue weighted by molar-refractivity contribution is 0.100. The van der Waals surface area contributed by atoms with Crippen molar-refractivity contribution < 1.29 is 9.53 Å². The molecule has 0 aliphatic rings. The van der Waals surface area contributed by atoms with E-state index in [-0.39, 0.29) is 6.10 Å². The van der Waals surface area contributed by atoms with Crippen LogP contribution in [0.1, 0.15) is 24.2 Å². The molecule has 7 nitrogen and oxygen atoms in total. The lowest BCUT2D eigenvalue weighted by Gasteiger charge is -2.15. The number of ether oxygens (including phenoxy) is 1. The van der Waals surface area contributed by atoms with Gasteiger partial charge in [-0.15, -0.1) is 11.3 Å². The molecular formula is C21H21N5O2S. The summed E-state index contributed by atoms with van der Waals surface area (Å²) in [6.07, 6.45) is -0.0122. The van der Waals surface area contributed by atoms with Crippen molar-refractivity contribution in [1.82, 2.24) is 14.5 Å². The molecular weight excluding hydrogens is 386 g/mol. The van der Waals surface area contributed by atoms with Gasteiger partial charge in [-0.25, -0.2) is 9.97 Å². The zero-order chi connectivity index (χ0) is 20.5. The van der Waals surface area contributed by atoms with Crippen LogP contribution >= 0.6 is 11.3 Å². The Kier molecular flexibility index (Phi) is 4.94. The predicted octanol–water partition coefficient (Wildman–Crippen LogP) is 4.33. The van der Waals surface area contributed by atoms with Crippen molar-refractivity contribution in [2.24, 2.45) is 12.8 Å². The number of amides is 1. The number of hydrogen-bond acceptors (Lipinski definition) is 6. The number of thiazole rings is 1. The van der Waals surface area contributed by atoms with E-state index in [1.54, 1.807) is 18.2 Å². The highest BCUT2D eigenvalue weighted by molar-refractivity contribution is 7.14. The van der Waals surface area contributed by atoms with Crippen LogP contribution in [0.4, 0.5) is 10.8 Å². The Bertz CT molecular complexity index is 1190. The standard InChI is InChI=1S/C21H21N5O2S/c1-12(2)28-18-9-8-13(19(22)27)10-15(18)24-21-25-16(11-29-21)20-23-14-6-4-5-7-17(14)26(20)3/h4-12H,1-3H3,(H2,22,27)(H,24,25). The van der Waals surface area contributed by atoms with E-state index in [0.717, 1.165) is 22.6 Å². The van der Waals surface area contributed by atoms with E-state index in [4.69, 9.17) is 15.5 Å². The molecule has 0 saturated carbocycles. The second kappa shape index (κ2) is 7.56. The molecule has 2 aromatic heterocycles. The number of aryl methyl sites for hydroxylation is 1. The number of nitrogens with zero attached hydrogens (tertiary/aromatic N) is 3. The Balaban J connectivity index is 1.67. The molecule has 0 fully saturated rings. The van der Waals surface area contributed by atoms with E-state index >= 15 is 0 Å². The van der Waals surface area contributed by atoms with Crippen molar-refractivity contribution in [3.05, 3.63) is 53.4 Å². The zero-order valence-electron chi connectivity index (χ0n) is 16.3. The third kappa shape index (κ3) is 3.79. The highest BCUT2D eigenvalue weighted by Gasteiger charge is 2.15. The fraction of sp³-hybridized carbons (Fsp3) is 0.190. The fourth-order valence-corrected chi connectivity index (χ4v) is 3.76. The number of carbonyl (C=O) groups excluding carboxylic acids is 1. The van der Waals surface area contributed by atoms with Crippen molar-refractivity contribution in [2.75, 3.05) is 5.32 Å². The van der Waals surface area contributed by atoms with E-state index in [1.165, 1.54) is 11.3 Å².